The smallest absolute Gasteiger partial charge is 0.271 e. The van der Waals surface area contributed by atoms with Gasteiger partial charge in [0.25, 0.3) is 11.6 Å². The Bertz CT molecular complexity index is 1120. The standard InChI is InChI=1S/C22H22ClN5O3/c1-2-21-20(15-24-27(21)18-7-3-5-16(23)13-18)22(29)26-11-9-25(10-12-26)17-6-4-8-19(14-17)28(30)31/h3-8,13-15H,2,9-12H2,1H3. The van der Waals surface area contributed by atoms with E-state index in [1.165, 1.54) is 6.07 Å². The van der Waals surface area contributed by atoms with Gasteiger partial charge in [-0.05, 0) is 30.7 Å². The van der Waals surface area contributed by atoms with Crippen molar-refractivity contribution in [3.63, 3.8) is 0 Å². The summed E-state index contributed by atoms with van der Waals surface area (Å²) in [5.74, 6) is -0.0520. The molecule has 1 aliphatic heterocycles. The third-order valence-corrected chi connectivity index (χ3v) is 5.69. The van der Waals surface area contributed by atoms with Gasteiger partial charge in [-0.25, -0.2) is 4.68 Å². The Hall–Kier alpha value is -3.39. The summed E-state index contributed by atoms with van der Waals surface area (Å²) in [6.45, 7) is 4.28. The van der Waals surface area contributed by atoms with Crippen LogP contribution in [-0.2, 0) is 6.42 Å². The maximum atomic E-state index is 13.2. The van der Waals surface area contributed by atoms with Gasteiger partial charge in [-0.1, -0.05) is 30.7 Å². The minimum Gasteiger partial charge on any atom is -0.368 e. The fourth-order valence-electron chi connectivity index (χ4n) is 3.86. The molecule has 160 valence electrons. The van der Waals surface area contributed by atoms with Crippen molar-refractivity contribution < 1.29 is 9.72 Å². The van der Waals surface area contributed by atoms with Crippen LogP contribution >= 0.6 is 11.6 Å². The number of nitro groups is 1. The van der Waals surface area contributed by atoms with Gasteiger partial charge in [0.1, 0.15) is 0 Å². The number of hydrogen-bond acceptors (Lipinski definition) is 5. The highest BCUT2D eigenvalue weighted by Crippen LogP contribution is 2.24. The first-order chi connectivity index (χ1) is 15.0. The summed E-state index contributed by atoms with van der Waals surface area (Å²) in [7, 11) is 0. The number of nitrogens with zero attached hydrogens (tertiary/aromatic N) is 5. The van der Waals surface area contributed by atoms with E-state index in [1.54, 1.807) is 29.1 Å². The first-order valence-electron chi connectivity index (χ1n) is 10.1. The lowest BCUT2D eigenvalue weighted by molar-refractivity contribution is -0.384. The van der Waals surface area contributed by atoms with E-state index in [4.69, 9.17) is 11.6 Å². The number of piperazine rings is 1. The first kappa shape index (κ1) is 20.9. The Morgan fingerprint density at radius 2 is 1.81 bits per heavy atom. The Morgan fingerprint density at radius 1 is 1.10 bits per heavy atom. The zero-order valence-corrected chi connectivity index (χ0v) is 17.8. The number of benzene rings is 2. The van der Waals surface area contributed by atoms with Gasteiger partial charge in [0.05, 0.1) is 28.1 Å². The molecule has 31 heavy (non-hydrogen) atoms. The maximum absolute atomic E-state index is 13.2. The van der Waals surface area contributed by atoms with Crippen LogP contribution in [0.2, 0.25) is 5.02 Å². The fraction of sp³-hybridized carbons (Fsp3) is 0.273. The van der Waals surface area contributed by atoms with E-state index in [1.807, 2.05) is 36.1 Å². The zero-order chi connectivity index (χ0) is 22.0. The number of carbonyl (C=O) groups excluding carboxylic acids is 1. The van der Waals surface area contributed by atoms with E-state index in [-0.39, 0.29) is 11.6 Å². The molecule has 0 radical (unpaired) electrons. The van der Waals surface area contributed by atoms with Crippen LogP contribution in [0.1, 0.15) is 23.0 Å². The largest absolute Gasteiger partial charge is 0.368 e. The van der Waals surface area contributed by atoms with Gasteiger partial charge in [-0.2, -0.15) is 5.10 Å². The monoisotopic (exact) mass is 439 g/mol. The molecule has 1 fully saturated rings. The first-order valence-corrected chi connectivity index (χ1v) is 10.5. The molecule has 9 heteroatoms. The van der Waals surface area contributed by atoms with Gasteiger partial charge in [0.2, 0.25) is 0 Å². The second-order valence-electron chi connectivity index (χ2n) is 7.31. The van der Waals surface area contributed by atoms with E-state index in [0.29, 0.717) is 43.2 Å². The summed E-state index contributed by atoms with van der Waals surface area (Å²) < 4.78 is 1.76. The van der Waals surface area contributed by atoms with E-state index < -0.39 is 4.92 Å². The molecule has 0 unspecified atom stereocenters. The van der Waals surface area contributed by atoms with Crippen molar-refractivity contribution in [3.8, 4) is 5.69 Å². The molecule has 8 nitrogen and oxygen atoms in total. The summed E-state index contributed by atoms with van der Waals surface area (Å²) >= 11 is 6.11. The highest BCUT2D eigenvalue weighted by Gasteiger charge is 2.26. The van der Waals surface area contributed by atoms with Gasteiger partial charge >= 0.3 is 0 Å². The minimum atomic E-state index is -0.396. The topological polar surface area (TPSA) is 84.5 Å². The predicted molar refractivity (Wildman–Crippen MR) is 119 cm³/mol. The molecule has 0 saturated carbocycles. The summed E-state index contributed by atoms with van der Waals surface area (Å²) in [6, 6.07) is 14.0. The number of carbonyl (C=O) groups is 1. The summed E-state index contributed by atoms with van der Waals surface area (Å²) in [4.78, 5) is 27.7. The molecule has 1 aromatic heterocycles. The third-order valence-electron chi connectivity index (χ3n) is 5.46. The third kappa shape index (κ3) is 4.25. The Labute approximate surface area is 184 Å². The molecule has 2 aromatic carbocycles. The van der Waals surface area contributed by atoms with Crippen LogP contribution in [0.3, 0.4) is 0 Å². The predicted octanol–water partition coefficient (Wildman–Crippen LogP) is 3.96. The minimum absolute atomic E-state index is 0.0520. The SMILES string of the molecule is CCc1c(C(=O)N2CCN(c3cccc([N+](=O)[O-])c3)CC2)cnn1-c1cccc(Cl)c1. The van der Waals surface area contributed by atoms with Gasteiger partial charge in [0, 0.05) is 49.0 Å². The molecule has 3 aromatic rings. The van der Waals surface area contributed by atoms with Gasteiger partial charge in [0.15, 0.2) is 0 Å². The number of hydrogen-bond donors (Lipinski definition) is 0. The highest BCUT2D eigenvalue weighted by molar-refractivity contribution is 6.30. The maximum Gasteiger partial charge on any atom is 0.271 e. The van der Waals surface area contributed by atoms with Crippen molar-refractivity contribution in [1.82, 2.24) is 14.7 Å². The molecular weight excluding hydrogens is 418 g/mol. The Morgan fingerprint density at radius 3 is 2.48 bits per heavy atom. The van der Waals surface area contributed by atoms with Crippen LogP contribution in [0.25, 0.3) is 5.69 Å². The van der Waals surface area contributed by atoms with Crippen LogP contribution in [-0.4, -0.2) is 51.7 Å². The molecule has 0 N–H and O–H groups in total. The lowest BCUT2D eigenvalue weighted by Crippen LogP contribution is -2.49. The lowest BCUT2D eigenvalue weighted by Gasteiger charge is -2.36. The molecule has 0 aliphatic carbocycles. The van der Waals surface area contributed by atoms with E-state index in [2.05, 4.69) is 10.00 Å². The van der Waals surface area contributed by atoms with E-state index in [0.717, 1.165) is 17.1 Å². The van der Waals surface area contributed by atoms with E-state index >= 15 is 0 Å². The molecule has 4 rings (SSSR count). The van der Waals surface area contributed by atoms with Crippen molar-refractivity contribution in [2.45, 2.75) is 13.3 Å². The molecule has 1 amide bonds. The average Bonchev–Trinajstić information content (AvgIpc) is 3.23. The summed E-state index contributed by atoms with van der Waals surface area (Å²) in [5.41, 5.74) is 3.11. The normalized spacial score (nSPS) is 14.0. The molecule has 1 saturated heterocycles. The van der Waals surface area contributed by atoms with Crippen LogP contribution in [0.4, 0.5) is 11.4 Å². The van der Waals surface area contributed by atoms with E-state index in [9.17, 15) is 14.9 Å². The van der Waals surface area contributed by atoms with Crippen LogP contribution in [0, 0.1) is 10.1 Å². The second kappa shape index (κ2) is 8.77. The molecule has 0 atom stereocenters. The zero-order valence-electron chi connectivity index (χ0n) is 17.1. The number of aromatic nitrogens is 2. The number of amides is 1. The summed E-state index contributed by atoms with van der Waals surface area (Å²) in [5, 5.41) is 16.1. The van der Waals surface area contributed by atoms with Gasteiger partial charge < -0.3 is 9.80 Å². The number of anilines is 1. The van der Waals surface area contributed by atoms with Crippen molar-refractivity contribution in [2.75, 3.05) is 31.1 Å². The van der Waals surface area contributed by atoms with Crippen LogP contribution < -0.4 is 4.90 Å². The summed E-state index contributed by atoms with van der Waals surface area (Å²) in [6.07, 6.45) is 2.27. The van der Waals surface area contributed by atoms with Crippen LogP contribution in [0.15, 0.2) is 54.7 Å². The molecule has 2 heterocycles. The number of nitro benzene ring substituents is 1. The van der Waals surface area contributed by atoms with Gasteiger partial charge in [-0.3, -0.25) is 14.9 Å². The highest BCUT2D eigenvalue weighted by atomic mass is 35.5. The van der Waals surface area contributed by atoms with Crippen molar-refractivity contribution >= 4 is 28.9 Å². The lowest BCUT2D eigenvalue weighted by atomic mass is 10.1. The number of halogens is 1. The van der Waals surface area contributed by atoms with Crippen molar-refractivity contribution in [3.05, 3.63) is 81.1 Å². The second-order valence-corrected chi connectivity index (χ2v) is 7.74. The molecule has 0 bridgehead atoms. The quantitative estimate of drug-likeness (QED) is 0.443. The van der Waals surface area contributed by atoms with Gasteiger partial charge in [-0.15, -0.1) is 0 Å². The number of rotatable bonds is 5. The number of non-ortho nitro benzene ring substituents is 1. The molecule has 0 spiro atoms. The Balaban J connectivity index is 1.49. The fourth-order valence-corrected chi connectivity index (χ4v) is 4.05. The van der Waals surface area contributed by atoms with Crippen molar-refractivity contribution in [2.24, 2.45) is 0 Å². The molecular formula is C22H22ClN5O3. The Kier molecular flexibility index (Phi) is 5.90. The van der Waals surface area contributed by atoms with Crippen molar-refractivity contribution in [1.29, 1.82) is 0 Å². The average molecular weight is 440 g/mol. The molecule has 1 aliphatic rings. The van der Waals surface area contributed by atoms with Crippen LogP contribution in [0.5, 0.6) is 0 Å².